The molecule has 0 saturated carbocycles. The fourth-order valence-corrected chi connectivity index (χ4v) is 4.70. The number of carbonyl (C=O) groups is 2. The first-order chi connectivity index (χ1) is 17.3. The van der Waals surface area contributed by atoms with E-state index in [0.29, 0.717) is 39.9 Å². The van der Waals surface area contributed by atoms with E-state index in [2.05, 4.69) is 0 Å². The van der Waals surface area contributed by atoms with E-state index in [0.717, 1.165) is 16.7 Å². The molecule has 1 saturated heterocycles. The molecular weight excluding hydrogens is 527 g/mol. The van der Waals surface area contributed by atoms with Crippen molar-refractivity contribution >= 4 is 63.6 Å². The second-order valence-electron chi connectivity index (χ2n) is 7.47. The average molecular weight is 545 g/mol. The quantitative estimate of drug-likeness (QED) is 0.169. The van der Waals surface area contributed by atoms with E-state index in [1.807, 2.05) is 0 Å². The first-order valence-corrected chi connectivity index (χ1v) is 12.2. The normalized spacial score (nSPS) is 14.4. The van der Waals surface area contributed by atoms with Crippen molar-refractivity contribution in [2.24, 2.45) is 0 Å². The third kappa shape index (κ3) is 5.64. The standard InChI is InChI=1S/C25H18Cl2N2O6S/c1-2-34-21-11-16(10-20(27)23(21)35-14-15-6-8-18(9-7-15)29(32)33)12-22-24(30)28(25(31)36-22)19-5-3-4-17(26)13-19/h3-13H,2,14H2,1H3/b22-12+. The van der Waals surface area contributed by atoms with E-state index in [-0.39, 0.29) is 22.2 Å². The highest BCUT2D eigenvalue weighted by molar-refractivity contribution is 8.19. The van der Waals surface area contributed by atoms with Crippen molar-refractivity contribution in [1.82, 2.24) is 0 Å². The van der Waals surface area contributed by atoms with Gasteiger partial charge in [0.2, 0.25) is 0 Å². The van der Waals surface area contributed by atoms with Crippen molar-refractivity contribution in [1.29, 1.82) is 0 Å². The van der Waals surface area contributed by atoms with Crippen LogP contribution in [0.3, 0.4) is 0 Å². The summed E-state index contributed by atoms with van der Waals surface area (Å²) >= 11 is 13.3. The molecule has 2 amide bonds. The number of nitro benzene ring substituents is 1. The van der Waals surface area contributed by atoms with Gasteiger partial charge in [-0.3, -0.25) is 19.7 Å². The predicted molar refractivity (Wildman–Crippen MR) is 140 cm³/mol. The van der Waals surface area contributed by atoms with Crippen molar-refractivity contribution in [2.75, 3.05) is 11.5 Å². The van der Waals surface area contributed by atoms with Gasteiger partial charge in [-0.05, 0) is 78.4 Å². The van der Waals surface area contributed by atoms with Crippen LogP contribution >= 0.6 is 35.0 Å². The van der Waals surface area contributed by atoms with Gasteiger partial charge in [0, 0.05) is 17.2 Å². The molecule has 0 atom stereocenters. The lowest BCUT2D eigenvalue weighted by molar-refractivity contribution is -0.384. The van der Waals surface area contributed by atoms with Gasteiger partial charge in [-0.2, -0.15) is 0 Å². The molecule has 0 bridgehead atoms. The number of anilines is 1. The number of non-ortho nitro benzene ring substituents is 1. The van der Waals surface area contributed by atoms with Crippen molar-refractivity contribution in [3.05, 3.63) is 96.9 Å². The van der Waals surface area contributed by atoms with Crippen LogP contribution in [0.5, 0.6) is 11.5 Å². The van der Waals surface area contributed by atoms with Crippen LogP contribution in [-0.2, 0) is 11.4 Å². The second kappa shape index (κ2) is 11.0. The molecule has 1 aliphatic heterocycles. The van der Waals surface area contributed by atoms with Crippen LogP contribution in [0, 0.1) is 10.1 Å². The third-order valence-electron chi connectivity index (χ3n) is 5.02. The monoisotopic (exact) mass is 544 g/mol. The van der Waals surface area contributed by atoms with Crippen LogP contribution < -0.4 is 14.4 Å². The maximum Gasteiger partial charge on any atom is 0.298 e. The fraction of sp³-hybridized carbons (Fsp3) is 0.120. The van der Waals surface area contributed by atoms with E-state index < -0.39 is 16.1 Å². The molecule has 36 heavy (non-hydrogen) atoms. The van der Waals surface area contributed by atoms with Crippen LogP contribution in [0.15, 0.2) is 65.6 Å². The van der Waals surface area contributed by atoms with Gasteiger partial charge in [0.1, 0.15) is 6.61 Å². The van der Waals surface area contributed by atoms with Crippen LogP contribution in [0.25, 0.3) is 6.08 Å². The zero-order valence-corrected chi connectivity index (χ0v) is 21.1. The van der Waals surface area contributed by atoms with Gasteiger partial charge in [-0.25, -0.2) is 4.90 Å². The smallest absolute Gasteiger partial charge is 0.298 e. The van der Waals surface area contributed by atoms with Crippen LogP contribution in [0.2, 0.25) is 10.0 Å². The van der Waals surface area contributed by atoms with Crippen molar-refractivity contribution in [2.45, 2.75) is 13.5 Å². The summed E-state index contributed by atoms with van der Waals surface area (Å²) < 4.78 is 11.6. The highest BCUT2D eigenvalue weighted by Crippen LogP contribution is 2.40. The zero-order chi connectivity index (χ0) is 25.8. The number of nitrogens with zero attached hydrogens (tertiary/aromatic N) is 2. The lowest BCUT2D eigenvalue weighted by Crippen LogP contribution is -2.27. The van der Waals surface area contributed by atoms with E-state index >= 15 is 0 Å². The predicted octanol–water partition coefficient (Wildman–Crippen LogP) is 7.12. The highest BCUT2D eigenvalue weighted by atomic mass is 35.5. The maximum atomic E-state index is 13.0. The Hall–Kier alpha value is -3.53. The molecule has 184 valence electrons. The van der Waals surface area contributed by atoms with Crippen molar-refractivity contribution < 1.29 is 24.0 Å². The Bertz CT molecular complexity index is 1380. The molecular formula is C25H18Cl2N2O6S. The molecule has 0 aromatic heterocycles. The Morgan fingerprint density at radius 1 is 1.06 bits per heavy atom. The zero-order valence-electron chi connectivity index (χ0n) is 18.8. The van der Waals surface area contributed by atoms with Crippen LogP contribution in [0.1, 0.15) is 18.1 Å². The minimum absolute atomic E-state index is 0.0177. The number of carbonyl (C=O) groups excluding carboxylic acids is 2. The number of hydrogen-bond donors (Lipinski definition) is 0. The van der Waals surface area contributed by atoms with Gasteiger partial charge in [0.15, 0.2) is 11.5 Å². The molecule has 4 rings (SSSR count). The van der Waals surface area contributed by atoms with Gasteiger partial charge < -0.3 is 9.47 Å². The lowest BCUT2D eigenvalue weighted by atomic mass is 10.1. The molecule has 8 nitrogen and oxygen atoms in total. The van der Waals surface area contributed by atoms with Gasteiger partial charge in [0.25, 0.3) is 16.8 Å². The molecule has 3 aromatic carbocycles. The molecule has 1 aliphatic rings. The van der Waals surface area contributed by atoms with E-state index in [4.69, 9.17) is 32.7 Å². The van der Waals surface area contributed by atoms with E-state index in [1.54, 1.807) is 61.5 Å². The first-order valence-electron chi connectivity index (χ1n) is 10.6. The summed E-state index contributed by atoms with van der Waals surface area (Å²) in [7, 11) is 0. The molecule has 0 spiro atoms. The van der Waals surface area contributed by atoms with Crippen molar-refractivity contribution in [3.63, 3.8) is 0 Å². The summed E-state index contributed by atoms with van der Waals surface area (Å²) in [5, 5.41) is 11.0. The van der Waals surface area contributed by atoms with Gasteiger partial charge >= 0.3 is 0 Å². The van der Waals surface area contributed by atoms with Crippen LogP contribution in [-0.4, -0.2) is 22.7 Å². The number of hydrogen-bond acceptors (Lipinski definition) is 7. The first kappa shape index (κ1) is 25.6. The number of benzene rings is 3. The number of nitro groups is 1. The minimum atomic E-state index is -0.475. The maximum absolute atomic E-state index is 13.0. The Labute approximate surface area is 220 Å². The Morgan fingerprint density at radius 3 is 2.47 bits per heavy atom. The molecule has 0 aliphatic carbocycles. The fourth-order valence-electron chi connectivity index (χ4n) is 3.40. The average Bonchev–Trinajstić information content (AvgIpc) is 3.11. The number of thioether (sulfide) groups is 1. The minimum Gasteiger partial charge on any atom is -0.490 e. The van der Waals surface area contributed by atoms with Gasteiger partial charge in [0.05, 0.1) is 27.1 Å². The summed E-state index contributed by atoms with van der Waals surface area (Å²) in [5.41, 5.74) is 1.62. The number of rotatable bonds is 8. The highest BCUT2D eigenvalue weighted by Gasteiger charge is 2.36. The largest absolute Gasteiger partial charge is 0.490 e. The second-order valence-corrected chi connectivity index (χ2v) is 9.31. The van der Waals surface area contributed by atoms with E-state index in [1.165, 1.54) is 12.1 Å². The Morgan fingerprint density at radius 2 is 1.81 bits per heavy atom. The Balaban J connectivity index is 1.57. The van der Waals surface area contributed by atoms with Gasteiger partial charge in [-0.1, -0.05) is 29.3 Å². The number of ether oxygens (including phenoxy) is 2. The summed E-state index contributed by atoms with van der Waals surface area (Å²) in [6.07, 6.45) is 1.56. The van der Waals surface area contributed by atoms with Gasteiger partial charge in [-0.15, -0.1) is 0 Å². The SMILES string of the molecule is CCOc1cc(/C=C2/SC(=O)N(c3cccc(Cl)c3)C2=O)cc(Cl)c1OCc1ccc([N+](=O)[O-])cc1. The van der Waals surface area contributed by atoms with Crippen molar-refractivity contribution in [3.8, 4) is 11.5 Å². The molecule has 0 radical (unpaired) electrons. The number of halogens is 2. The van der Waals surface area contributed by atoms with E-state index in [9.17, 15) is 19.7 Å². The molecule has 1 heterocycles. The summed E-state index contributed by atoms with van der Waals surface area (Å²) in [6.45, 7) is 2.24. The van der Waals surface area contributed by atoms with Crippen LogP contribution in [0.4, 0.5) is 16.2 Å². The lowest BCUT2D eigenvalue weighted by Gasteiger charge is -2.15. The number of imide groups is 1. The molecule has 0 N–H and O–H groups in total. The molecule has 0 unspecified atom stereocenters. The molecule has 11 heteroatoms. The molecule has 3 aromatic rings. The summed E-state index contributed by atoms with van der Waals surface area (Å²) in [4.78, 5) is 37.2. The topological polar surface area (TPSA) is 99.0 Å². The third-order valence-corrected chi connectivity index (χ3v) is 6.41. The molecule has 1 fully saturated rings. The Kier molecular flexibility index (Phi) is 7.83. The summed E-state index contributed by atoms with van der Waals surface area (Å²) in [6, 6.07) is 15.7. The number of amides is 2. The summed E-state index contributed by atoms with van der Waals surface area (Å²) in [5.74, 6) is 0.174.